The summed E-state index contributed by atoms with van der Waals surface area (Å²) in [6.07, 6.45) is 0. The first kappa shape index (κ1) is 15.0. The standard InChI is InChI=1S/C17H13ClO3S/c1-9-7-12(10(2)22-9)16(19)15(18)13-8-11-5-3-4-6-14(11)21-17(13)20/h3-8,15H,1-2H3. The lowest BCUT2D eigenvalue weighted by Crippen LogP contribution is -2.16. The molecular weight excluding hydrogens is 320 g/mol. The molecule has 0 aliphatic rings. The highest BCUT2D eigenvalue weighted by atomic mass is 35.5. The average Bonchev–Trinajstić information content (AvgIpc) is 2.83. The quantitative estimate of drug-likeness (QED) is 0.399. The molecule has 0 aliphatic carbocycles. The highest BCUT2D eigenvalue weighted by molar-refractivity contribution is 7.12. The van der Waals surface area contributed by atoms with E-state index in [1.165, 1.54) is 11.3 Å². The lowest BCUT2D eigenvalue weighted by Gasteiger charge is -2.08. The van der Waals surface area contributed by atoms with Crippen molar-refractivity contribution < 1.29 is 9.21 Å². The summed E-state index contributed by atoms with van der Waals surface area (Å²) >= 11 is 7.81. The molecule has 0 saturated carbocycles. The van der Waals surface area contributed by atoms with Crippen molar-refractivity contribution in [3.63, 3.8) is 0 Å². The first-order valence-corrected chi connectivity index (χ1v) is 8.01. The van der Waals surface area contributed by atoms with Crippen LogP contribution < -0.4 is 5.63 Å². The second-order valence-electron chi connectivity index (χ2n) is 5.08. The van der Waals surface area contributed by atoms with Crippen molar-refractivity contribution in [2.24, 2.45) is 0 Å². The molecule has 3 aromatic rings. The Bertz CT molecular complexity index is 923. The molecule has 2 heterocycles. The molecule has 0 N–H and O–H groups in total. The third-order valence-electron chi connectivity index (χ3n) is 3.48. The molecule has 0 bridgehead atoms. The Morgan fingerprint density at radius 2 is 1.95 bits per heavy atom. The number of Topliss-reactive ketones (excluding diaryl/α,β-unsaturated/α-hetero) is 1. The van der Waals surface area contributed by atoms with Gasteiger partial charge in [-0.1, -0.05) is 18.2 Å². The lowest BCUT2D eigenvalue weighted by molar-refractivity contribution is 0.0986. The highest BCUT2D eigenvalue weighted by Gasteiger charge is 2.25. The van der Waals surface area contributed by atoms with Gasteiger partial charge in [-0.25, -0.2) is 4.79 Å². The summed E-state index contributed by atoms with van der Waals surface area (Å²) < 4.78 is 5.25. The van der Waals surface area contributed by atoms with E-state index in [0.29, 0.717) is 11.1 Å². The average molecular weight is 333 g/mol. The van der Waals surface area contributed by atoms with Gasteiger partial charge in [0.2, 0.25) is 0 Å². The van der Waals surface area contributed by atoms with Crippen LogP contribution in [-0.4, -0.2) is 5.78 Å². The van der Waals surface area contributed by atoms with Gasteiger partial charge in [0.05, 0.1) is 5.56 Å². The minimum absolute atomic E-state index is 0.175. The van der Waals surface area contributed by atoms with Crippen LogP contribution in [0.5, 0.6) is 0 Å². The summed E-state index contributed by atoms with van der Waals surface area (Å²) in [6.45, 7) is 3.81. The fourth-order valence-electron chi connectivity index (χ4n) is 2.41. The molecule has 112 valence electrons. The number of halogens is 1. The number of ketones is 1. The highest BCUT2D eigenvalue weighted by Crippen LogP contribution is 2.29. The Hall–Kier alpha value is -1.91. The molecule has 3 rings (SSSR count). The summed E-state index contributed by atoms with van der Waals surface area (Å²) in [7, 11) is 0. The van der Waals surface area contributed by atoms with Gasteiger partial charge >= 0.3 is 5.63 Å². The molecule has 0 aliphatic heterocycles. The van der Waals surface area contributed by atoms with Crippen LogP contribution in [0.25, 0.3) is 11.0 Å². The van der Waals surface area contributed by atoms with Crippen LogP contribution in [-0.2, 0) is 0 Å². The van der Waals surface area contributed by atoms with Crippen LogP contribution >= 0.6 is 22.9 Å². The van der Waals surface area contributed by atoms with Crippen LogP contribution in [0, 0.1) is 13.8 Å². The molecule has 0 fully saturated rings. The van der Waals surface area contributed by atoms with Gasteiger partial charge in [0.15, 0.2) is 5.78 Å². The lowest BCUT2D eigenvalue weighted by atomic mass is 10.0. The Morgan fingerprint density at radius 3 is 2.64 bits per heavy atom. The number of carbonyl (C=O) groups is 1. The maximum absolute atomic E-state index is 12.6. The van der Waals surface area contributed by atoms with Gasteiger partial charge in [-0.3, -0.25) is 4.79 Å². The Morgan fingerprint density at radius 1 is 1.23 bits per heavy atom. The van der Waals surface area contributed by atoms with Crippen LogP contribution in [0.3, 0.4) is 0 Å². The van der Waals surface area contributed by atoms with Gasteiger partial charge in [0.25, 0.3) is 0 Å². The minimum Gasteiger partial charge on any atom is -0.422 e. The van der Waals surface area contributed by atoms with Crippen molar-refractivity contribution in [3.8, 4) is 0 Å². The maximum atomic E-state index is 12.6. The van der Waals surface area contributed by atoms with E-state index in [4.69, 9.17) is 16.0 Å². The molecule has 0 spiro atoms. The number of para-hydroxylation sites is 1. The summed E-state index contributed by atoms with van der Waals surface area (Å²) in [5.41, 5.74) is 0.649. The second-order valence-corrected chi connectivity index (χ2v) is 6.98. The van der Waals surface area contributed by atoms with Crippen molar-refractivity contribution in [1.82, 2.24) is 0 Å². The number of benzene rings is 1. The number of fused-ring (bicyclic) bond motifs is 1. The Balaban J connectivity index is 2.06. The van der Waals surface area contributed by atoms with Crippen LogP contribution in [0.4, 0.5) is 0 Å². The van der Waals surface area contributed by atoms with Crippen molar-refractivity contribution in [2.45, 2.75) is 19.2 Å². The predicted octanol–water partition coefficient (Wildman–Crippen LogP) is 4.63. The van der Waals surface area contributed by atoms with E-state index in [1.807, 2.05) is 26.0 Å². The molecule has 0 saturated heterocycles. The van der Waals surface area contributed by atoms with E-state index in [2.05, 4.69) is 0 Å². The zero-order valence-corrected chi connectivity index (χ0v) is 13.6. The van der Waals surface area contributed by atoms with Crippen molar-refractivity contribution >= 4 is 39.7 Å². The summed E-state index contributed by atoms with van der Waals surface area (Å²) in [5.74, 6) is -0.272. The molecular formula is C17H13ClO3S. The zero-order valence-electron chi connectivity index (χ0n) is 12.1. The number of carbonyl (C=O) groups excluding carboxylic acids is 1. The molecule has 3 nitrogen and oxygen atoms in total. The first-order chi connectivity index (χ1) is 10.5. The Kier molecular flexibility index (Phi) is 3.89. The number of alkyl halides is 1. The third-order valence-corrected chi connectivity index (χ3v) is 4.88. The van der Waals surface area contributed by atoms with Crippen LogP contribution in [0.2, 0.25) is 0 Å². The molecule has 5 heteroatoms. The topological polar surface area (TPSA) is 47.3 Å². The molecule has 1 aromatic carbocycles. The number of rotatable bonds is 3. The van der Waals surface area contributed by atoms with E-state index in [0.717, 1.165) is 15.1 Å². The monoisotopic (exact) mass is 332 g/mol. The van der Waals surface area contributed by atoms with E-state index in [1.54, 1.807) is 24.3 Å². The number of thiophene rings is 1. The van der Waals surface area contributed by atoms with Crippen molar-refractivity contribution in [2.75, 3.05) is 0 Å². The van der Waals surface area contributed by atoms with Crippen molar-refractivity contribution in [1.29, 1.82) is 0 Å². The number of aryl methyl sites for hydroxylation is 2. The fraction of sp³-hybridized carbons (Fsp3) is 0.176. The molecule has 1 unspecified atom stereocenters. The molecule has 0 radical (unpaired) electrons. The predicted molar refractivity (Wildman–Crippen MR) is 89.2 cm³/mol. The van der Waals surface area contributed by atoms with E-state index in [9.17, 15) is 9.59 Å². The summed E-state index contributed by atoms with van der Waals surface area (Å²) in [4.78, 5) is 26.6. The third kappa shape index (κ3) is 2.60. The number of hydrogen-bond donors (Lipinski definition) is 0. The largest absolute Gasteiger partial charge is 0.422 e. The molecule has 0 amide bonds. The van der Waals surface area contributed by atoms with Gasteiger partial charge in [0, 0.05) is 20.7 Å². The van der Waals surface area contributed by atoms with Gasteiger partial charge in [0.1, 0.15) is 11.0 Å². The van der Waals surface area contributed by atoms with Gasteiger partial charge in [-0.2, -0.15) is 0 Å². The molecule has 22 heavy (non-hydrogen) atoms. The van der Waals surface area contributed by atoms with E-state index in [-0.39, 0.29) is 11.3 Å². The summed E-state index contributed by atoms with van der Waals surface area (Å²) in [5, 5.41) is -0.303. The van der Waals surface area contributed by atoms with Gasteiger partial charge in [-0.05, 0) is 32.0 Å². The summed E-state index contributed by atoms with van der Waals surface area (Å²) in [6, 6.07) is 10.6. The molecule has 2 aromatic heterocycles. The minimum atomic E-state index is -1.05. The second kappa shape index (κ2) is 5.71. The first-order valence-electron chi connectivity index (χ1n) is 6.75. The van der Waals surface area contributed by atoms with Gasteiger partial charge < -0.3 is 4.42 Å². The van der Waals surface area contributed by atoms with Crippen LogP contribution in [0.1, 0.15) is 31.1 Å². The SMILES string of the molecule is Cc1cc(C(=O)C(Cl)c2cc3ccccc3oc2=O)c(C)s1. The zero-order chi connectivity index (χ0) is 15.9. The normalized spacial score (nSPS) is 12.5. The smallest absolute Gasteiger partial charge is 0.341 e. The van der Waals surface area contributed by atoms with Crippen molar-refractivity contribution in [3.05, 3.63) is 67.7 Å². The Labute approximate surface area is 136 Å². The molecule has 1 atom stereocenters. The van der Waals surface area contributed by atoms with E-state index >= 15 is 0 Å². The maximum Gasteiger partial charge on any atom is 0.341 e. The van der Waals surface area contributed by atoms with Gasteiger partial charge in [-0.15, -0.1) is 22.9 Å². The number of hydrogen-bond acceptors (Lipinski definition) is 4. The van der Waals surface area contributed by atoms with Crippen LogP contribution in [0.15, 0.2) is 45.6 Å². The van der Waals surface area contributed by atoms with E-state index < -0.39 is 11.0 Å². The fourth-order valence-corrected chi connectivity index (χ4v) is 3.61.